The third kappa shape index (κ3) is 9.43. The second-order valence-corrected chi connectivity index (χ2v) is 1.70. The van der Waals surface area contributed by atoms with Gasteiger partial charge in [-0.1, -0.05) is 0 Å². The average molecular weight is 239 g/mol. The van der Waals surface area contributed by atoms with Crippen LogP contribution in [0, 0.1) is 0 Å². The maximum absolute atomic E-state index is 7.58. The molecule has 0 spiro atoms. The van der Waals surface area contributed by atoms with Crippen LogP contribution in [0.1, 0.15) is 0 Å². The quantitative estimate of drug-likeness (QED) is 0.379. The van der Waals surface area contributed by atoms with Crippen molar-refractivity contribution < 1.29 is 22.0 Å². The molecule has 4 heteroatoms. The first-order valence-corrected chi connectivity index (χ1v) is 4.47. The molecule has 0 fully saturated rings. The molecule has 1 N–H and O–H groups in total. The Hall–Kier alpha value is 1.64. The molecule has 0 aliphatic carbocycles. The van der Waals surface area contributed by atoms with E-state index in [9.17, 15) is 0 Å². The van der Waals surface area contributed by atoms with Crippen LogP contribution in [-0.4, -0.2) is 4.89 Å². The van der Waals surface area contributed by atoms with Crippen molar-refractivity contribution in [3.8, 4) is 0 Å². The van der Waals surface area contributed by atoms with Crippen LogP contribution in [-0.2, 0) is 17.1 Å². The number of rotatable bonds is 0. The first-order chi connectivity index (χ1) is 1.41. The largest absolute Gasteiger partial charge is 0.366 e. The van der Waals surface area contributed by atoms with Crippen LogP contribution in [0.25, 0.3) is 0 Å². The fourth-order valence-electron chi connectivity index (χ4n) is 0. The van der Waals surface area contributed by atoms with E-state index in [1.165, 1.54) is 0 Å². The van der Waals surface area contributed by atoms with Gasteiger partial charge in [0.1, 0.15) is 0 Å². The molecule has 1 radical (unpaired) electrons. The maximum atomic E-state index is 7.58. The fraction of sp³-hybridized carbons (Fsp3) is 0. The monoisotopic (exact) mass is 239 g/mol. The SMILES string of the molecule is OPI.[Cu]. The van der Waals surface area contributed by atoms with E-state index in [2.05, 4.69) is 0 Å². The van der Waals surface area contributed by atoms with Gasteiger partial charge in [-0.3, -0.25) is 0 Å². The summed E-state index contributed by atoms with van der Waals surface area (Å²) in [6.07, 6.45) is 0. The molecule has 0 rings (SSSR count). The van der Waals surface area contributed by atoms with Gasteiger partial charge in [-0.05, 0) is 22.0 Å². The van der Waals surface area contributed by atoms with E-state index in [0.717, 1.165) is 0 Å². The van der Waals surface area contributed by atoms with Gasteiger partial charge in [0.05, 0.1) is 6.45 Å². The van der Waals surface area contributed by atoms with Gasteiger partial charge in [0, 0.05) is 17.1 Å². The van der Waals surface area contributed by atoms with Crippen LogP contribution >= 0.6 is 28.5 Å². The van der Waals surface area contributed by atoms with Gasteiger partial charge in [-0.2, -0.15) is 0 Å². The van der Waals surface area contributed by atoms with Crippen molar-refractivity contribution in [2.75, 3.05) is 0 Å². The minimum atomic E-state index is 0. The van der Waals surface area contributed by atoms with Gasteiger partial charge in [0.15, 0.2) is 0 Å². The third-order valence-corrected chi connectivity index (χ3v) is 0. The second kappa shape index (κ2) is 8.82. The van der Waals surface area contributed by atoms with Crippen LogP contribution in [0.15, 0.2) is 0 Å². The van der Waals surface area contributed by atoms with Crippen LogP contribution in [0.4, 0.5) is 0 Å². The molecule has 1 nitrogen and oxygen atoms in total. The summed E-state index contributed by atoms with van der Waals surface area (Å²) < 4.78 is 0. The molecular formula is H2CuIOP. The zero-order valence-corrected chi connectivity index (χ0v) is 5.73. The molecule has 0 heterocycles. The van der Waals surface area contributed by atoms with Gasteiger partial charge in [-0.15, -0.1) is 0 Å². The van der Waals surface area contributed by atoms with Crippen molar-refractivity contribution in [3.63, 3.8) is 0 Å². The van der Waals surface area contributed by atoms with Gasteiger partial charge in [0.25, 0.3) is 0 Å². The molecule has 4 heavy (non-hydrogen) atoms. The molecule has 31 valence electrons. The van der Waals surface area contributed by atoms with Crippen LogP contribution in [0.5, 0.6) is 0 Å². The summed E-state index contributed by atoms with van der Waals surface area (Å²) in [6, 6.07) is 0. The first kappa shape index (κ1) is 9.16. The van der Waals surface area contributed by atoms with Gasteiger partial charge in [0.2, 0.25) is 0 Å². The van der Waals surface area contributed by atoms with E-state index in [0.29, 0.717) is 0 Å². The Balaban J connectivity index is 0. The number of halogens is 1. The second-order valence-electron chi connectivity index (χ2n) is 0.0845. The van der Waals surface area contributed by atoms with E-state index in [-0.39, 0.29) is 23.5 Å². The molecule has 0 aromatic rings. The third-order valence-electron chi connectivity index (χ3n) is 0. The topological polar surface area (TPSA) is 20.2 Å². The Morgan fingerprint density at radius 2 is 1.75 bits per heavy atom. The van der Waals surface area contributed by atoms with Crippen molar-refractivity contribution in [2.24, 2.45) is 0 Å². The van der Waals surface area contributed by atoms with E-state index < -0.39 is 0 Å². The molecule has 0 saturated carbocycles. The molecule has 0 saturated heterocycles. The minimum absolute atomic E-state index is 0. The Labute approximate surface area is 50.4 Å². The summed E-state index contributed by atoms with van der Waals surface area (Å²) in [6.45, 7) is 0.0533. The van der Waals surface area contributed by atoms with E-state index in [1.54, 1.807) is 0 Å². The maximum Gasteiger partial charge on any atom is 0.0753 e. The summed E-state index contributed by atoms with van der Waals surface area (Å²) in [4.78, 5) is 7.58. The predicted molar refractivity (Wildman–Crippen MR) is 24.6 cm³/mol. The summed E-state index contributed by atoms with van der Waals surface area (Å²) in [7, 11) is 0. The summed E-state index contributed by atoms with van der Waals surface area (Å²) in [5, 5.41) is 0. The van der Waals surface area contributed by atoms with Crippen molar-refractivity contribution in [1.29, 1.82) is 0 Å². The zero-order chi connectivity index (χ0) is 2.71. The molecule has 0 aromatic carbocycles. The van der Waals surface area contributed by atoms with Gasteiger partial charge >= 0.3 is 0 Å². The van der Waals surface area contributed by atoms with Crippen molar-refractivity contribution in [2.45, 2.75) is 0 Å². The minimum Gasteiger partial charge on any atom is -0.366 e. The van der Waals surface area contributed by atoms with Crippen molar-refractivity contribution >= 4 is 28.5 Å². The van der Waals surface area contributed by atoms with Crippen molar-refractivity contribution in [1.82, 2.24) is 0 Å². The molecule has 1 unspecified atom stereocenters. The Morgan fingerprint density at radius 3 is 1.75 bits per heavy atom. The van der Waals surface area contributed by atoms with E-state index in [1.807, 2.05) is 22.0 Å². The molecule has 0 aliphatic heterocycles. The van der Waals surface area contributed by atoms with E-state index >= 15 is 0 Å². The van der Waals surface area contributed by atoms with E-state index in [4.69, 9.17) is 4.89 Å². The summed E-state index contributed by atoms with van der Waals surface area (Å²) in [5.74, 6) is 0. The smallest absolute Gasteiger partial charge is 0.0753 e. The van der Waals surface area contributed by atoms with Crippen LogP contribution < -0.4 is 0 Å². The fourth-order valence-corrected chi connectivity index (χ4v) is 0. The van der Waals surface area contributed by atoms with Gasteiger partial charge in [-0.25, -0.2) is 0 Å². The average Bonchev–Trinajstić information content (AvgIpc) is 0.918. The molecule has 1 atom stereocenters. The number of hydrogen-bond acceptors (Lipinski definition) is 1. The van der Waals surface area contributed by atoms with Crippen LogP contribution in [0.3, 0.4) is 0 Å². The molecule has 0 aromatic heterocycles. The molecule has 0 amide bonds. The summed E-state index contributed by atoms with van der Waals surface area (Å²) in [5.41, 5.74) is 0. The number of hydrogen-bond donors (Lipinski definition) is 1. The van der Waals surface area contributed by atoms with Gasteiger partial charge < -0.3 is 4.89 Å². The standard InChI is InChI=1S/Cu.H2IOP/c;1-3-2/h;2-3H. The normalized spacial score (nSPS) is 7.50. The Morgan fingerprint density at radius 1 is 1.75 bits per heavy atom. The molecular weight excluding hydrogens is 237 g/mol. The Bertz CT molecular complexity index is 8.00. The predicted octanol–water partition coefficient (Wildman–Crippen LogP) is 0.920. The first-order valence-electron chi connectivity index (χ1n) is 0.413. The molecule has 0 bridgehead atoms. The zero-order valence-electron chi connectivity index (χ0n) is 1.63. The van der Waals surface area contributed by atoms with Crippen LogP contribution in [0.2, 0.25) is 0 Å². The molecule has 0 aliphatic rings. The summed E-state index contributed by atoms with van der Waals surface area (Å²) >= 11 is 1.87. The Kier molecular flexibility index (Phi) is 20.2. The van der Waals surface area contributed by atoms with Crippen molar-refractivity contribution in [3.05, 3.63) is 0 Å².